The lowest BCUT2D eigenvalue weighted by Crippen LogP contribution is -2.43. The molecular formula is C20H24F2N4O2. The topological polar surface area (TPSA) is 52.8 Å². The Kier molecular flexibility index (Phi) is 5.41. The average Bonchev–Trinajstić information content (AvgIpc) is 2.98. The summed E-state index contributed by atoms with van der Waals surface area (Å²) in [5.41, 5.74) is 0.924. The fraction of sp³-hybridized carbons (Fsp3) is 0.500. The first-order valence-electron chi connectivity index (χ1n) is 9.61. The Balaban J connectivity index is 1.43. The normalized spacial score (nSPS) is 18.8. The number of oxazole rings is 1. The molecule has 0 spiro atoms. The number of rotatable bonds is 3. The summed E-state index contributed by atoms with van der Waals surface area (Å²) in [4.78, 5) is 23.4. The molecule has 8 heteroatoms. The maximum absolute atomic E-state index is 13.5. The first-order valence-corrected chi connectivity index (χ1v) is 9.61. The number of carbonyl (C=O) groups is 1. The molecule has 28 heavy (non-hydrogen) atoms. The van der Waals surface area contributed by atoms with Gasteiger partial charge in [0.15, 0.2) is 0 Å². The fourth-order valence-corrected chi connectivity index (χ4v) is 3.76. The quantitative estimate of drug-likeness (QED) is 0.804. The number of hydrogen-bond donors (Lipinski definition) is 0. The van der Waals surface area contributed by atoms with Gasteiger partial charge in [-0.25, -0.2) is 13.8 Å². The maximum atomic E-state index is 13.5. The molecule has 0 atom stereocenters. The maximum Gasteiger partial charge on any atom is 0.237 e. The predicted octanol–water partition coefficient (Wildman–Crippen LogP) is 2.14. The zero-order valence-corrected chi connectivity index (χ0v) is 16.0. The molecule has 2 aliphatic rings. The minimum Gasteiger partial charge on any atom is -0.441 e. The minimum atomic E-state index is -0.675. The smallest absolute Gasteiger partial charge is 0.237 e. The van der Waals surface area contributed by atoms with E-state index in [2.05, 4.69) is 21.8 Å². The van der Waals surface area contributed by atoms with Gasteiger partial charge in [0.05, 0.1) is 13.1 Å². The lowest BCUT2D eigenvalue weighted by atomic mass is 10.1. The molecule has 0 N–H and O–H groups in total. The SMILES string of the molecule is CN1CCCN(CC(=O)N2CCc3oc(-c4cc(F)cc(F)c4)nc3C2)CC1. The van der Waals surface area contributed by atoms with Crippen molar-refractivity contribution in [3.63, 3.8) is 0 Å². The van der Waals surface area contributed by atoms with Crippen LogP contribution in [0.1, 0.15) is 17.9 Å². The summed E-state index contributed by atoms with van der Waals surface area (Å²) < 4.78 is 32.7. The molecule has 0 saturated carbocycles. The van der Waals surface area contributed by atoms with Gasteiger partial charge in [-0.05, 0) is 38.7 Å². The summed E-state index contributed by atoms with van der Waals surface area (Å²) >= 11 is 0. The number of hydrogen-bond acceptors (Lipinski definition) is 5. The molecule has 1 fully saturated rings. The standard InChI is InChI=1S/C20H24F2N4O2/c1-24-4-2-5-25(8-7-24)13-19(27)26-6-3-18-17(12-26)23-20(28-18)14-9-15(21)11-16(22)10-14/h9-11H,2-8,12-13H2,1H3. The summed E-state index contributed by atoms with van der Waals surface area (Å²) in [5, 5.41) is 0. The molecule has 6 nitrogen and oxygen atoms in total. The molecule has 1 saturated heterocycles. The molecule has 3 heterocycles. The van der Waals surface area contributed by atoms with Gasteiger partial charge in [-0.3, -0.25) is 9.69 Å². The third-order valence-electron chi connectivity index (χ3n) is 5.36. The summed E-state index contributed by atoms with van der Waals surface area (Å²) in [7, 11) is 2.10. The molecule has 0 radical (unpaired) electrons. The van der Waals surface area contributed by atoms with Crippen molar-refractivity contribution in [2.75, 3.05) is 46.3 Å². The van der Waals surface area contributed by atoms with Crippen LogP contribution >= 0.6 is 0 Å². The van der Waals surface area contributed by atoms with Crippen molar-refractivity contribution < 1.29 is 18.0 Å². The second-order valence-corrected chi connectivity index (χ2v) is 7.55. The van der Waals surface area contributed by atoms with Gasteiger partial charge < -0.3 is 14.2 Å². The lowest BCUT2D eigenvalue weighted by Gasteiger charge is -2.28. The number of halogens is 2. The Morgan fingerprint density at radius 1 is 1.11 bits per heavy atom. The van der Waals surface area contributed by atoms with Gasteiger partial charge in [0.1, 0.15) is 23.1 Å². The summed E-state index contributed by atoms with van der Waals surface area (Å²) in [5.74, 6) is -0.401. The van der Waals surface area contributed by atoms with Crippen molar-refractivity contribution in [1.29, 1.82) is 0 Å². The second-order valence-electron chi connectivity index (χ2n) is 7.55. The van der Waals surface area contributed by atoms with Crippen LogP contribution < -0.4 is 0 Å². The van der Waals surface area contributed by atoms with Crippen LogP contribution in [0, 0.1) is 11.6 Å². The summed E-state index contributed by atoms with van der Waals surface area (Å²) in [6.07, 6.45) is 1.61. The number of nitrogens with zero attached hydrogens (tertiary/aromatic N) is 4. The van der Waals surface area contributed by atoms with E-state index in [1.54, 1.807) is 4.90 Å². The Bertz CT molecular complexity index is 850. The molecular weight excluding hydrogens is 366 g/mol. The van der Waals surface area contributed by atoms with Gasteiger partial charge in [-0.1, -0.05) is 0 Å². The fourth-order valence-electron chi connectivity index (χ4n) is 3.76. The third-order valence-corrected chi connectivity index (χ3v) is 5.36. The molecule has 0 aliphatic carbocycles. The van der Waals surface area contributed by atoms with Crippen molar-refractivity contribution in [1.82, 2.24) is 19.7 Å². The van der Waals surface area contributed by atoms with Crippen LogP contribution in [0.3, 0.4) is 0 Å². The minimum absolute atomic E-state index is 0.0801. The van der Waals surface area contributed by atoms with E-state index in [0.29, 0.717) is 37.5 Å². The van der Waals surface area contributed by atoms with E-state index in [9.17, 15) is 13.6 Å². The van der Waals surface area contributed by atoms with Crippen LogP contribution in [0.5, 0.6) is 0 Å². The monoisotopic (exact) mass is 390 g/mol. The van der Waals surface area contributed by atoms with Crippen LogP contribution in [0.2, 0.25) is 0 Å². The van der Waals surface area contributed by atoms with Crippen molar-refractivity contribution >= 4 is 5.91 Å². The van der Waals surface area contributed by atoms with E-state index in [1.165, 1.54) is 12.1 Å². The number of aromatic nitrogens is 1. The molecule has 0 bridgehead atoms. The van der Waals surface area contributed by atoms with Crippen molar-refractivity contribution in [2.45, 2.75) is 19.4 Å². The molecule has 4 rings (SSSR count). The average molecular weight is 390 g/mol. The third kappa shape index (κ3) is 4.23. The Labute approximate surface area is 162 Å². The van der Waals surface area contributed by atoms with Crippen molar-refractivity contribution in [3.8, 4) is 11.5 Å². The van der Waals surface area contributed by atoms with Gasteiger partial charge in [-0.15, -0.1) is 0 Å². The van der Waals surface area contributed by atoms with Crippen LogP contribution in [-0.4, -0.2) is 71.9 Å². The summed E-state index contributed by atoms with van der Waals surface area (Å²) in [6, 6.07) is 3.20. The number of amides is 1. The van der Waals surface area contributed by atoms with Gasteiger partial charge >= 0.3 is 0 Å². The molecule has 150 valence electrons. The number of likely N-dealkylation sites (N-methyl/N-ethyl adjacent to an activating group) is 1. The lowest BCUT2D eigenvalue weighted by molar-refractivity contribution is -0.133. The molecule has 2 aliphatic heterocycles. The van der Waals surface area contributed by atoms with Crippen LogP contribution in [0.25, 0.3) is 11.5 Å². The highest BCUT2D eigenvalue weighted by Crippen LogP contribution is 2.27. The van der Waals surface area contributed by atoms with Crippen molar-refractivity contribution in [3.05, 3.63) is 41.3 Å². The Hall–Kier alpha value is -2.32. The first kappa shape index (κ1) is 19.0. The van der Waals surface area contributed by atoms with E-state index in [4.69, 9.17) is 4.42 Å². The van der Waals surface area contributed by atoms with Gasteiger partial charge in [-0.2, -0.15) is 0 Å². The first-order chi connectivity index (χ1) is 13.5. The van der Waals surface area contributed by atoms with Gasteiger partial charge in [0.2, 0.25) is 11.8 Å². The van der Waals surface area contributed by atoms with Crippen molar-refractivity contribution in [2.24, 2.45) is 0 Å². The number of benzene rings is 1. The predicted molar refractivity (Wildman–Crippen MR) is 99.5 cm³/mol. The van der Waals surface area contributed by atoms with Crippen LogP contribution in [-0.2, 0) is 17.8 Å². The van der Waals surface area contributed by atoms with Gasteiger partial charge in [0, 0.05) is 37.7 Å². The van der Waals surface area contributed by atoms with Crippen LogP contribution in [0.4, 0.5) is 8.78 Å². The van der Waals surface area contributed by atoms with E-state index in [0.717, 1.165) is 38.7 Å². The number of carbonyl (C=O) groups excluding carboxylic acids is 1. The largest absolute Gasteiger partial charge is 0.441 e. The zero-order chi connectivity index (χ0) is 19.7. The highest BCUT2D eigenvalue weighted by atomic mass is 19.1. The van der Waals surface area contributed by atoms with Crippen LogP contribution in [0.15, 0.2) is 22.6 Å². The summed E-state index contributed by atoms with van der Waals surface area (Å²) in [6.45, 7) is 5.17. The van der Waals surface area contributed by atoms with E-state index in [-0.39, 0.29) is 17.4 Å². The zero-order valence-electron chi connectivity index (χ0n) is 16.0. The molecule has 1 aromatic carbocycles. The Morgan fingerprint density at radius 2 is 1.89 bits per heavy atom. The molecule has 1 aromatic heterocycles. The molecule has 0 unspecified atom stereocenters. The number of fused-ring (bicyclic) bond motifs is 1. The van der Waals surface area contributed by atoms with E-state index in [1.807, 2.05) is 0 Å². The highest BCUT2D eigenvalue weighted by Gasteiger charge is 2.27. The van der Waals surface area contributed by atoms with Gasteiger partial charge in [0.25, 0.3) is 0 Å². The highest BCUT2D eigenvalue weighted by molar-refractivity contribution is 5.78. The molecule has 1 amide bonds. The second kappa shape index (κ2) is 7.97. The van der Waals surface area contributed by atoms with E-state index < -0.39 is 11.6 Å². The Morgan fingerprint density at radius 3 is 2.68 bits per heavy atom. The van der Waals surface area contributed by atoms with E-state index >= 15 is 0 Å². The molecule has 2 aromatic rings.